The van der Waals surface area contributed by atoms with Crippen LogP contribution in [0.3, 0.4) is 0 Å². The number of nitrogens with zero attached hydrogens (tertiary/aromatic N) is 5. The lowest BCUT2D eigenvalue weighted by molar-refractivity contribution is 0.0750. The third kappa shape index (κ3) is 4.10. The third-order valence-corrected chi connectivity index (χ3v) is 5.69. The molecule has 31 heavy (non-hydrogen) atoms. The number of carbonyl (C=O) groups is 2. The summed E-state index contributed by atoms with van der Waals surface area (Å²) in [6.45, 7) is 5.58. The maximum atomic E-state index is 13.0. The van der Waals surface area contributed by atoms with Crippen LogP contribution in [0.5, 0.6) is 0 Å². The molecule has 0 radical (unpaired) electrons. The fourth-order valence-corrected chi connectivity index (χ4v) is 4.11. The van der Waals surface area contributed by atoms with E-state index in [0.717, 1.165) is 34.5 Å². The molecule has 2 aromatic heterocycles. The molecule has 8 nitrogen and oxygen atoms in total. The smallest absolute Gasteiger partial charge is 0.257 e. The molecule has 8 heteroatoms. The Kier molecular flexibility index (Phi) is 5.63. The highest BCUT2D eigenvalue weighted by Crippen LogP contribution is 2.26. The number of amides is 2. The Labute approximate surface area is 181 Å². The van der Waals surface area contributed by atoms with Crippen LogP contribution in [0.1, 0.15) is 62.6 Å². The molecule has 162 valence electrons. The molecule has 1 aliphatic heterocycles. The van der Waals surface area contributed by atoms with E-state index in [4.69, 9.17) is 0 Å². The predicted octanol–water partition coefficient (Wildman–Crippen LogP) is 2.36. The summed E-state index contributed by atoms with van der Waals surface area (Å²) in [6.07, 6.45) is 4.99. The number of nitrogens with one attached hydrogen (secondary N) is 1. The molecule has 2 amide bonds. The van der Waals surface area contributed by atoms with E-state index < -0.39 is 0 Å². The second-order valence-electron chi connectivity index (χ2n) is 7.98. The van der Waals surface area contributed by atoms with E-state index in [9.17, 15) is 9.59 Å². The second kappa shape index (κ2) is 8.37. The molecular formula is C23H28N6O2. The van der Waals surface area contributed by atoms with E-state index in [-0.39, 0.29) is 11.8 Å². The Hall–Kier alpha value is -3.42. The van der Waals surface area contributed by atoms with Crippen molar-refractivity contribution < 1.29 is 9.59 Å². The van der Waals surface area contributed by atoms with E-state index >= 15 is 0 Å². The van der Waals surface area contributed by atoms with Gasteiger partial charge in [-0.05, 0) is 29.5 Å². The van der Waals surface area contributed by atoms with Gasteiger partial charge in [0.15, 0.2) is 0 Å². The molecule has 1 aliphatic rings. The summed E-state index contributed by atoms with van der Waals surface area (Å²) < 4.78 is 3.36. The average Bonchev–Trinajstić information content (AvgIpc) is 3.46. The van der Waals surface area contributed by atoms with Crippen LogP contribution >= 0.6 is 0 Å². The Morgan fingerprint density at radius 1 is 0.935 bits per heavy atom. The number of fused-ring (bicyclic) bond motifs is 1. The van der Waals surface area contributed by atoms with Crippen molar-refractivity contribution in [3.63, 3.8) is 0 Å². The molecule has 0 aliphatic carbocycles. The number of hydrogen-bond donors (Lipinski definition) is 1. The zero-order chi connectivity index (χ0) is 22.1. The molecule has 0 bridgehead atoms. The van der Waals surface area contributed by atoms with Crippen molar-refractivity contribution in [3.8, 4) is 0 Å². The highest BCUT2D eigenvalue weighted by molar-refractivity contribution is 5.96. The molecule has 1 aromatic carbocycles. The second-order valence-corrected chi connectivity index (χ2v) is 7.98. The minimum atomic E-state index is -0.120. The lowest BCUT2D eigenvalue weighted by Crippen LogP contribution is -2.25. The van der Waals surface area contributed by atoms with Gasteiger partial charge in [-0.15, -0.1) is 0 Å². The molecule has 1 N–H and O–H groups in total. The van der Waals surface area contributed by atoms with E-state index in [2.05, 4.69) is 27.6 Å². The van der Waals surface area contributed by atoms with Gasteiger partial charge in [-0.2, -0.15) is 10.2 Å². The van der Waals surface area contributed by atoms with Gasteiger partial charge in [-0.1, -0.05) is 32.0 Å². The van der Waals surface area contributed by atoms with Crippen molar-refractivity contribution in [1.82, 2.24) is 29.8 Å². The normalized spacial score (nSPS) is 12.8. The average molecular weight is 421 g/mol. The first kappa shape index (κ1) is 20.8. The van der Waals surface area contributed by atoms with Crippen molar-refractivity contribution in [2.45, 2.75) is 46.3 Å². The zero-order valence-corrected chi connectivity index (χ0v) is 18.5. The van der Waals surface area contributed by atoms with Crippen molar-refractivity contribution in [2.75, 3.05) is 0 Å². The van der Waals surface area contributed by atoms with Gasteiger partial charge in [0.2, 0.25) is 0 Å². The van der Waals surface area contributed by atoms with Crippen molar-refractivity contribution >= 4 is 11.8 Å². The topological polar surface area (TPSA) is 85.0 Å². The maximum Gasteiger partial charge on any atom is 0.257 e. The Bertz CT molecular complexity index is 1140. The minimum absolute atomic E-state index is 0.0136. The molecule has 0 atom stereocenters. The summed E-state index contributed by atoms with van der Waals surface area (Å²) in [4.78, 5) is 27.5. The summed E-state index contributed by atoms with van der Waals surface area (Å²) in [5.74, 6) is -0.106. The SMILES string of the molecule is CCc1nn(C)cc1C(=O)NCc1ccc2c(c1)CN(C(=O)c1cn(C)nc1CC)C2. The van der Waals surface area contributed by atoms with Gasteiger partial charge in [-0.3, -0.25) is 19.0 Å². The zero-order valence-electron chi connectivity index (χ0n) is 18.5. The molecule has 0 saturated heterocycles. The van der Waals surface area contributed by atoms with Crippen LogP contribution in [0.4, 0.5) is 0 Å². The predicted molar refractivity (Wildman–Crippen MR) is 116 cm³/mol. The molecule has 4 rings (SSSR count). The minimum Gasteiger partial charge on any atom is -0.348 e. The van der Waals surface area contributed by atoms with E-state index in [0.29, 0.717) is 37.2 Å². The molecular weight excluding hydrogens is 392 g/mol. The third-order valence-electron chi connectivity index (χ3n) is 5.69. The van der Waals surface area contributed by atoms with Gasteiger partial charge in [0.05, 0.1) is 22.5 Å². The van der Waals surface area contributed by atoms with Gasteiger partial charge in [0, 0.05) is 46.1 Å². The number of carbonyl (C=O) groups excluding carboxylic acids is 2. The molecule has 3 heterocycles. The summed E-state index contributed by atoms with van der Waals surface area (Å²) in [7, 11) is 3.66. The Morgan fingerprint density at radius 2 is 1.55 bits per heavy atom. The summed E-state index contributed by atoms with van der Waals surface area (Å²) in [5.41, 5.74) is 6.20. The summed E-state index contributed by atoms with van der Waals surface area (Å²) >= 11 is 0. The largest absolute Gasteiger partial charge is 0.348 e. The number of aryl methyl sites for hydroxylation is 4. The number of benzene rings is 1. The standard InChI is InChI=1S/C23H28N6O2/c1-5-20-18(13-27(3)25-20)22(30)24-10-15-7-8-16-11-29(12-17(16)9-15)23(31)19-14-28(4)26-21(19)6-2/h7-9,13-14H,5-6,10-12H2,1-4H3,(H,24,30). The molecule has 0 fully saturated rings. The Balaban J connectivity index is 1.43. The van der Waals surface area contributed by atoms with Crippen LogP contribution in [0, 0.1) is 0 Å². The lowest BCUT2D eigenvalue weighted by atomic mass is 10.1. The van der Waals surface area contributed by atoms with Crippen molar-refractivity contribution in [2.24, 2.45) is 14.1 Å². The number of aromatic nitrogens is 4. The fraction of sp³-hybridized carbons (Fsp3) is 0.391. The van der Waals surface area contributed by atoms with E-state index in [1.807, 2.05) is 38.9 Å². The quantitative estimate of drug-likeness (QED) is 0.663. The molecule has 0 spiro atoms. The van der Waals surface area contributed by atoms with Crippen LogP contribution in [-0.2, 0) is 46.6 Å². The van der Waals surface area contributed by atoms with Gasteiger partial charge < -0.3 is 10.2 Å². The van der Waals surface area contributed by atoms with Crippen LogP contribution in [0.25, 0.3) is 0 Å². The van der Waals surface area contributed by atoms with Gasteiger partial charge in [-0.25, -0.2) is 0 Å². The highest BCUT2D eigenvalue weighted by atomic mass is 16.2. The van der Waals surface area contributed by atoms with E-state index in [1.54, 1.807) is 21.8 Å². The first-order valence-electron chi connectivity index (χ1n) is 10.6. The first-order chi connectivity index (χ1) is 14.9. The Morgan fingerprint density at radius 3 is 2.23 bits per heavy atom. The van der Waals surface area contributed by atoms with Gasteiger partial charge >= 0.3 is 0 Å². The summed E-state index contributed by atoms with van der Waals surface area (Å²) in [5, 5.41) is 11.7. The lowest BCUT2D eigenvalue weighted by Gasteiger charge is -2.14. The number of hydrogen-bond acceptors (Lipinski definition) is 4. The van der Waals surface area contributed by atoms with E-state index in [1.165, 1.54) is 0 Å². The monoisotopic (exact) mass is 420 g/mol. The molecule has 3 aromatic rings. The van der Waals surface area contributed by atoms with Crippen LogP contribution in [0.2, 0.25) is 0 Å². The van der Waals surface area contributed by atoms with Crippen molar-refractivity contribution in [1.29, 1.82) is 0 Å². The maximum absolute atomic E-state index is 13.0. The fourth-order valence-electron chi connectivity index (χ4n) is 4.11. The van der Waals surface area contributed by atoms with Gasteiger partial charge in [0.25, 0.3) is 11.8 Å². The molecule has 0 unspecified atom stereocenters. The van der Waals surface area contributed by atoms with Gasteiger partial charge in [0.1, 0.15) is 0 Å². The highest BCUT2D eigenvalue weighted by Gasteiger charge is 2.27. The number of rotatable bonds is 6. The van der Waals surface area contributed by atoms with Crippen LogP contribution < -0.4 is 5.32 Å². The van der Waals surface area contributed by atoms with Crippen molar-refractivity contribution in [3.05, 3.63) is 69.8 Å². The first-order valence-corrected chi connectivity index (χ1v) is 10.6. The molecule has 0 saturated carbocycles. The van der Waals surface area contributed by atoms with Crippen LogP contribution in [-0.4, -0.2) is 36.3 Å². The summed E-state index contributed by atoms with van der Waals surface area (Å²) in [6, 6.07) is 6.14. The van der Waals surface area contributed by atoms with Crippen LogP contribution in [0.15, 0.2) is 30.6 Å².